The van der Waals surface area contributed by atoms with E-state index in [1.807, 2.05) is 45.0 Å². The lowest BCUT2D eigenvalue weighted by Crippen LogP contribution is -2.24. The van der Waals surface area contributed by atoms with E-state index in [9.17, 15) is 14.4 Å². The van der Waals surface area contributed by atoms with Crippen molar-refractivity contribution in [3.63, 3.8) is 0 Å². The Morgan fingerprint density at radius 1 is 1.03 bits per heavy atom. The highest BCUT2D eigenvalue weighted by atomic mass is 32.1. The number of anilines is 3. The van der Waals surface area contributed by atoms with Gasteiger partial charge in [0.05, 0.1) is 0 Å². The van der Waals surface area contributed by atoms with Crippen molar-refractivity contribution in [3.05, 3.63) is 64.7 Å². The van der Waals surface area contributed by atoms with Crippen molar-refractivity contribution in [2.24, 2.45) is 5.92 Å². The summed E-state index contributed by atoms with van der Waals surface area (Å²) in [6.45, 7) is 6.53. The smallest absolute Gasteiger partial charge is 0.257 e. The second-order valence-corrected chi connectivity index (χ2v) is 9.73. The van der Waals surface area contributed by atoms with Crippen molar-refractivity contribution in [2.75, 3.05) is 22.1 Å². The zero-order chi connectivity index (χ0) is 24.9. The van der Waals surface area contributed by atoms with Gasteiger partial charge in [-0.2, -0.15) is 0 Å². The molecule has 8 nitrogen and oxygen atoms in total. The van der Waals surface area contributed by atoms with Gasteiger partial charge in [-0.1, -0.05) is 42.9 Å². The van der Waals surface area contributed by atoms with E-state index >= 15 is 0 Å². The SMILES string of the molecule is CCC(CC)C(=O)Nc1ccc(C(=O)Nc2nnc(C3CC(=O)N(c4ccc(C)cc4)C3)s2)cc1. The quantitative estimate of drug-likeness (QED) is 0.462. The third kappa shape index (κ3) is 5.74. The van der Waals surface area contributed by atoms with Crippen LogP contribution in [0.4, 0.5) is 16.5 Å². The normalized spacial score (nSPS) is 15.5. The first-order valence-corrected chi connectivity index (χ1v) is 12.6. The van der Waals surface area contributed by atoms with Gasteiger partial charge in [-0.05, 0) is 56.2 Å². The van der Waals surface area contributed by atoms with Gasteiger partial charge in [0.2, 0.25) is 16.9 Å². The van der Waals surface area contributed by atoms with E-state index in [-0.39, 0.29) is 29.6 Å². The third-order valence-electron chi connectivity index (χ3n) is 6.25. The Kier molecular flexibility index (Phi) is 7.55. The topological polar surface area (TPSA) is 104 Å². The van der Waals surface area contributed by atoms with E-state index in [1.54, 1.807) is 29.2 Å². The van der Waals surface area contributed by atoms with Crippen LogP contribution in [0.25, 0.3) is 0 Å². The van der Waals surface area contributed by atoms with Gasteiger partial charge >= 0.3 is 0 Å². The van der Waals surface area contributed by atoms with Crippen molar-refractivity contribution >= 4 is 45.6 Å². The minimum absolute atomic E-state index is 0.0140. The van der Waals surface area contributed by atoms with Crippen LogP contribution in [-0.4, -0.2) is 34.5 Å². The molecule has 2 aromatic carbocycles. The monoisotopic (exact) mass is 491 g/mol. The molecule has 3 aromatic rings. The number of rotatable bonds is 8. The Labute approximate surface area is 208 Å². The highest BCUT2D eigenvalue weighted by Gasteiger charge is 2.34. The number of nitrogens with one attached hydrogen (secondary N) is 2. The number of hydrogen-bond donors (Lipinski definition) is 2. The van der Waals surface area contributed by atoms with Gasteiger partial charge in [-0.15, -0.1) is 10.2 Å². The van der Waals surface area contributed by atoms with Gasteiger partial charge in [0.1, 0.15) is 5.01 Å². The van der Waals surface area contributed by atoms with Crippen molar-refractivity contribution in [2.45, 2.75) is 46.0 Å². The maximum absolute atomic E-state index is 12.7. The van der Waals surface area contributed by atoms with Crippen LogP contribution in [0.15, 0.2) is 48.5 Å². The van der Waals surface area contributed by atoms with Crippen LogP contribution in [0.3, 0.4) is 0 Å². The molecule has 2 heterocycles. The summed E-state index contributed by atoms with van der Waals surface area (Å²) < 4.78 is 0. The number of aryl methyl sites for hydroxylation is 1. The summed E-state index contributed by atoms with van der Waals surface area (Å²) in [7, 11) is 0. The Balaban J connectivity index is 1.35. The van der Waals surface area contributed by atoms with Crippen LogP contribution < -0.4 is 15.5 Å². The molecule has 1 aliphatic rings. The number of carbonyl (C=O) groups is 3. The van der Waals surface area contributed by atoms with Crippen LogP contribution in [-0.2, 0) is 9.59 Å². The molecule has 1 atom stereocenters. The van der Waals surface area contributed by atoms with Crippen molar-refractivity contribution < 1.29 is 14.4 Å². The molecule has 0 radical (unpaired) electrons. The number of aromatic nitrogens is 2. The fourth-order valence-electron chi connectivity index (χ4n) is 4.08. The third-order valence-corrected chi connectivity index (χ3v) is 7.25. The molecule has 182 valence electrons. The van der Waals surface area contributed by atoms with Crippen LogP contribution in [0.5, 0.6) is 0 Å². The molecule has 1 aliphatic heterocycles. The maximum atomic E-state index is 12.7. The largest absolute Gasteiger partial charge is 0.326 e. The van der Waals surface area contributed by atoms with E-state index in [0.717, 1.165) is 29.1 Å². The second-order valence-electron chi connectivity index (χ2n) is 8.72. The number of carbonyl (C=O) groups excluding carboxylic acids is 3. The van der Waals surface area contributed by atoms with Gasteiger partial charge in [0.15, 0.2) is 0 Å². The van der Waals surface area contributed by atoms with Gasteiger partial charge in [0.25, 0.3) is 5.91 Å². The first kappa shape index (κ1) is 24.5. The molecule has 0 saturated carbocycles. The first-order valence-electron chi connectivity index (χ1n) is 11.8. The Bertz CT molecular complexity index is 1200. The minimum Gasteiger partial charge on any atom is -0.326 e. The molecule has 0 aliphatic carbocycles. The van der Waals surface area contributed by atoms with Gasteiger partial charge in [-0.25, -0.2) is 0 Å². The zero-order valence-corrected chi connectivity index (χ0v) is 20.9. The minimum atomic E-state index is -0.311. The van der Waals surface area contributed by atoms with E-state index in [4.69, 9.17) is 0 Å². The highest BCUT2D eigenvalue weighted by molar-refractivity contribution is 7.15. The van der Waals surface area contributed by atoms with Crippen LogP contribution in [0.1, 0.15) is 60.0 Å². The summed E-state index contributed by atoms with van der Waals surface area (Å²) >= 11 is 1.28. The second kappa shape index (κ2) is 10.8. The number of hydrogen-bond acceptors (Lipinski definition) is 6. The van der Waals surface area contributed by atoms with E-state index < -0.39 is 0 Å². The van der Waals surface area contributed by atoms with Crippen LogP contribution in [0.2, 0.25) is 0 Å². The summed E-state index contributed by atoms with van der Waals surface area (Å²) in [5, 5.41) is 15.1. The fraction of sp³-hybridized carbons (Fsp3) is 0.346. The highest BCUT2D eigenvalue weighted by Crippen LogP contribution is 2.34. The molecular weight excluding hydrogens is 462 g/mol. The van der Waals surface area contributed by atoms with Gasteiger partial charge in [0, 0.05) is 41.7 Å². The summed E-state index contributed by atoms with van der Waals surface area (Å²) in [5.41, 5.74) is 3.12. The Morgan fingerprint density at radius 3 is 2.37 bits per heavy atom. The van der Waals surface area contributed by atoms with E-state index in [1.165, 1.54) is 11.3 Å². The maximum Gasteiger partial charge on any atom is 0.257 e. The lowest BCUT2D eigenvalue weighted by Gasteiger charge is -2.16. The van der Waals surface area contributed by atoms with E-state index in [2.05, 4.69) is 20.8 Å². The molecule has 1 aromatic heterocycles. The lowest BCUT2D eigenvalue weighted by atomic mass is 10.0. The molecule has 1 fully saturated rings. The fourth-order valence-corrected chi connectivity index (χ4v) is 4.90. The average Bonchev–Trinajstić information content (AvgIpc) is 3.47. The molecule has 35 heavy (non-hydrogen) atoms. The van der Waals surface area contributed by atoms with Gasteiger partial charge in [-0.3, -0.25) is 19.7 Å². The van der Waals surface area contributed by atoms with E-state index in [0.29, 0.717) is 29.3 Å². The molecule has 1 unspecified atom stereocenters. The van der Waals surface area contributed by atoms with Crippen molar-refractivity contribution in [1.82, 2.24) is 10.2 Å². The Hall–Kier alpha value is -3.59. The molecule has 1 saturated heterocycles. The molecule has 0 spiro atoms. The predicted octanol–water partition coefficient (Wildman–Crippen LogP) is 4.99. The van der Waals surface area contributed by atoms with Crippen LogP contribution >= 0.6 is 11.3 Å². The number of amides is 3. The van der Waals surface area contributed by atoms with Gasteiger partial charge < -0.3 is 10.2 Å². The lowest BCUT2D eigenvalue weighted by molar-refractivity contribution is -0.120. The molecule has 3 amide bonds. The first-order chi connectivity index (χ1) is 16.9. The summed E-state index contributed by atoms with van der Waals surface area (Å²) in [5.74, 6) is -0.362. The molecule has 0 bridgehead atoms. The van der Waals surface area contributed by atoms with Crippen molar-refractivity contribution in [3.8, 4) is 0 Å². The summed E-state index contributed by atoms with van der Waals surface area (Å²) in [6.07, 6.45) is 1.93. The number of nitrogens with zero attached hydrogens (tertiary/aromatic N) is 3. The summed E-state index contributed by atoms with van der Waals surface area (Å²) in [6, 6.07) is 14.6. The zero-order valence-electron chi connectivity index (χ0n) is 20.1. The predicted molar refractivity (Wildman–Crippen MR) is 138 cm³/mol. The van der Waals surface area contributed by atoms with Crippen molar-refractivity contribution in [1.29, 1.82) is 0 Å². The molecule has 9 heteroatoms. The van der Waals surface area contributed by atoms with Crippen LogP contribution in [0, 0.1) is 12.8 Å². The summed E-state index contributed by atoms with van der Waals surface area (Å²) in [4.78, 5) is 39.3. The molecule has 4 rings (SSSR count). The standard InChI is InChI=1S/C26H29N5O3S/c1-4-17(5-2)23(33)27-20-10-8-18(9-11-20)24(34)28-26-30-29-25(35-26)19-14-22(32)31(15-19)21-12-6-16(3)7-13-21/h6-13,17,19H,4-5,14-15H2,1-3H3,(H,27,33)(H,28,30,34). The number of benzene rings is 2. The Morgan fingerprint density at radius 2 is 1.71 bits per heavy atom. The molecule has 2 N–H and O–H groups in total. The average molecular weight is 492 g/mol. The molecular formula is C26H29N5O3S.